The summed E-state index contributed by atoms with van der Waals surface area (Å²) >= 11 is 0. The quantitative estimate of drug-likeness (QED) is 0.390. The topological polar surface area (TPSA) is 72.5 Å². The molecular weight excluding hydrogens is 150 g/mol. The van der Waals surface area contributed by atoms with Gasteiger partial charge in [0.05, 0.1) is 6.42 Å². The summed E-state index contributed by atoms with van der Waals surface area (Å²) in [7, 11) is 0. The lowest BCUT2D eigenvalue weighted by atomic mass is 10.3. The molecule has 60 valence electrons. The summed E-state index contributed by atoms with van der Waals surface area (Å²) in [6, 6.07) is 0. The molecule has 5 nitrogen and oxygen atoms in total. The molecule has 2 amide bonds. The molecule has 1 atom stereocenters. The van der Waals surface area contributed by atoms with Gasteiger partial charge in [0.25, 0.3) is 5.91 Å². The maximum absolute atomic E-state index is 10.7. The standard InChI is InChI=1S/C6H7NO4/c1-3(8)11-4-2-5(9)7-6(4)10/h4H,2H2,1H3,(H,7,9,10). The Morgan fingerprint density at radius 3 is 2.64 bits per heavy atom. The first kappa shape index (κ1) is 7.71. The molecule has 1 aliphatic heterocycles. The van der Waals surface area contributed by atoms with Crippen LogP contribution in [0.2, 0.25) is 0 Å². The molecule has 1 N–H and O–H groups in total. The van der Waals surface area contributed by atoms with E-state index in [4.69, 9.17) is 0 Å². The smallest absolute Gasteiger partial charge is 0.303 e. The lowest BCUT2D eigenvalue weighted by Crippen LogP contribution is -2.27. The van der Waals surface area contributed by atoms with Crippen LogP contribution in [-0.4, -0.2) is 23.9 Å². The number of ether oxygens (including phenoxy) is 1. The Balaban J connectivity index is 2.53. The molecule has 0 aromatic carbocycles. The van der Waals surface area contributed by atoms with E-state index in [1.807, 2.05) is 5.32 Å². The Hall–Kier alpha value is -1.39. The van der Waals surface area contributed by atoms with Gasteiger partial charge in [-0.1, -0.05) is 0 Å². The number of rotatable bonds is 1. The summed E-state index contributed by atoms with van der Waals surface area (Å²) in [6.07, 6.45) is -0.974. The van der Waals surface area contributed by atoms with Gasteiger partial charge in [-0.05, 0) is 0 Å². The third-order valence-corrected chi connectivity index (χ3v) is 1.23. The van der Waals surface area contributed by atoms with Crippen molar-refractivity contribution in [1.29, 1.82) is 0 Å². The number of hydrogen-bond acceptors (Lipinski definition) is 4. The van der Waals surface area contributed by atoms with Crippen molar-refractivity contribution in [2.75, 3.05) is 0 Å². The highest BCUT2D eigenvalue weighted by Gasteiger charge is 2.32. The molecule has 5 heteroatoms. The van der Waals surface area contributed by atoms with Gasteiger partial charge >= 0.3 is 5.97 Å². The fourth-order valence-corrected chi connectivity index (χ4v) is 0.826. The minimum absolute atomic E-state index is 0.0571. The van der Waals surface area contributed by atoms with Gasteiger partial charge < -0.3 is 4.74 Å². The first-order chi connectivity index (χ1) is 5.09. The van der Waals surface area contributed by atoms with E-state index in [-0.39, 0.29) is 6.42 Å². The number of amides is 2. The third-order valence-electron chi connectivity index (χ3n) is 1.23. The molecule has 1 unspecified atom stereocenters. The molecule has 1 aliphatic rings. The highest BCUT2D eigenvalue weighted by molar-refractivity contribution is 6.05. The number of carbonyl (C=O) groups is 3. The van der Waals surface area contributed by atoms with Crippen molar-refractivity contribution in [3.63, 3.8) is 0 Å². The van der Waals surface area contributed by atoms with E-state index in [1.165, 1.54) is 6.92 Å². The van der Waals surface area contributed by atoms with Crippen LogP contribution in [0.3, 0.4) is 0 Å². The summed E-state index contributed by atoms with van der Waals surface area (Å²) < 4.78 is 4.52. The van der Waals surface area contributed by atoms with Crippen molar-refractivity contribution in [3.8, 4) is 0 Å². The first-order valence-corrected chi connectivity index (χ1v) is 3.10. The van der Waals surface area contributed by atoms with Gasteiger partial charge in [0.15, 0.2) is 6.10 Å². The highest BCUT2D eigenvalue weighted by atomic mass is 16.5. The first-order valence-electron chi connectivity index (χ1n) is 3.10. The number of hydrogen-bond donors (Lipinski definition) is 1. The number of carbonyl (C=O) groups excluding carboxylic acids is 3. The van der Waals surface area contributed by atoms with E-state index in [1.54, 1.807) is 0 Å². The molecular formula is C6H7NO4. The maximum atomic E-state index is 10.7. The zero-order valence-electron chi connectivity index (χ0n) is 5.92. The van der Waals surface area contributed by atoms with Crippen LogP contribution < -0.4 is 5.32 Å². The molecule has 0 spiro atoms. The van der Waals surface area contributed by atoms with Crippen molar-refractivity contribution in [2.24, 2.45) is 0 Å². The van der Waals surface area contributed by atoms with Crippen molar-refractivity contribution >= 4 is 17.8 Å². The molecule has 0 aromatic rings. The summed E-state index contributed by atoms with van der Waals surface area (Å²) in [6.45, 7) is 1.19. The Morgan fingerprint density at radius 2 is 2.27 bits per heavy atom. The van der Waals surface area contributed by atoms with Gasteiger partial charge in [0.1, 0.15) is 0 Å². The lowest BCUT2D eigenvalue weighted by Gasteiger charge is -2.04. The van der Waals surface area contributed by atoms with E-state index >= 15 is 0 Å². The van der Waals surface area contributed by atoms with Gasteiger partial charge in [0.2, 0.25) is 5.91 Å². The molecule has 0 bridgehead atoms. The van der Waals surface area contributed by atoms with Crippen LogP contribution in [0.4, 0.5) is 0 Å². The van der Waals surface area contributed by atoms with E-state index < -0.39 is 23.9 Å². The molecule has 11 heavy (non-hydrogen) atoms. The van der Waals surface area contributed by atoms with Gasteiger partial charge in [0, 0.05) is 6.92 Å². The second-order valence-electron chi connectivity index (χ2n) is 2.21. The molecule has 0 saturated carbocycles. The van der Waals surface area contributed by atoms with Crippen LogP contribution in [0, 0.1) is 0 Å². The molecule has 0 aliphatic carbocycles. The normalized spacial score (nSPS) is 23.2. The zero-order chi connectivity index (χ0) is 8.43. The second kappa shape index (κ2) is 2.69. The van der Waals surface area contributed by atoms with Crippen molar-refractivity contribution in [3.05, 3.63) is 0 Å². The molecule has 1 rings (SSSR count). The largest absolute Gasteiger partial charge is 0.452 e. The maximum Gasteiger partial charge on any atom is 0.303 e. The summed E-state index contributed by atoms with van der Waals surface area (Å²) in [5.41, 5.74) is 0. The van der Waals surface area contributed by atoms with E-state index in [0.29, 0.717) is 0 Å². The highest BCUT2D eigenvalue weighted by Crippen LogP contribution is 2.05. The molecule has 1 saturated heterocycles. The average molecular weight is 157 g/mol. The minimum Gasteiger partial charge on any atom is -0.452 e. The van der Waals surface area contributed by atoms with Crippen LogP contribution in [-0.2, 0) is 19.1 Å². The van der Waals surface area contributed by atoms with Gasteiger partial charge in [-0.25, -0.2) is 0 Å². The predicted molar refractivity (Wildman–Crippen MR) is 33.3 cm³/mol. The lowest BCUT2D eigenvalue weighted by molar-refractivity contribution is -0.151. The number of nitrogens with one attached hydrogen (secondary N) is 1. The summed E-state index contributed by atoms with van der Waals surface area (Å²) in [4.78, 5) is 31.6. The molecule has 0 radical (unpaired) electrons. The average Bonchev–Trinajstić information content (AvgIpc) is 2.09. The van der Waals surface area contributed by atoms with Crippen molar-refractivity contribution in [1.82, 2.24) is 5.32 Å². The second-order valence-corrected chi connectivity index (χ2v) is 2.21. The van der Waals surface area contributed by atoms with Crippen LogP contribution in [0.25, 0.3) is 0 Å². The van der Waals surface area contributed by atoms with Crippen molar-refractivity contribution < 1.29 is 19.1 Å². The van der Waals surface area contributed by atoms with Gasteiger partial charge in [-0.15, -0.1) is 0 Å². The Labute approximate surface area is 62.7 Å². The molecule has 0 aromatic heterocycles. The zero-order valence-corrected chi connectivity index (χ0v) is 5.92. The SMILES string of the molecule is CC(=O)OC1CC(=O)NC1=O. The Bertz CT molecular complexity index is 223. The number of imide groups is 1. The van der Waals surface area contributed by atoms with E-state index in [9.17, 15) is 14.4 Å². The van der Waals surface area contributed by atoms with Crippen LogP contribution >= 0.6 is 0 Å². The Kier molecular flexibility index (Phi) is 1.89. The fraction of sp³-hybridized carbons (Fsp3) is 0.500. The number of esters is 1. The van der Waals surface area contributed by atoms with Crippen LogP contribution in [0.5, 0.6) is 0 Å². The van der Waals surface area contributed by atoms with E-state index in [0.717, 1.165) is 0 Å². The Morgan fingerprint density at radius 1 is 1.64 bits per heavy atom. The predicted octanol–water partition coefficient (Wildman–Crippen LogP) is -1.04. The van der Waals surface area contributed by atoms with Crippen LogP contribution in [0.1, 0.15) is 13.3 Å². The molecule has 1 heterocycles. The summed E-state index contributed by atoms with van der Waals surface area (Å²) in [5.74, 6) is -1.49. The fourth-order valence-electron chi connectivity index (χ4n) is 0.826. The van der Waals surface area contributed by atoms with Crippen molar-refractivity contribution in [2.45, 2.75) is 19.4 Å². The molecule has 1 fully saturated rings. The van der Waals surface area contributed by atoms with E-state index in [2.05, 4.69) is 4.74 Å². The van der Waals surface area contributed by atoms with Gasteiger partial charge in [-0.3, -0.25) is 19.7 Å². The minimum atomic E-state index is -0.917. The van der Waals surface area contributed by atoms with Crippen LogP contribution in [0.15, 0.2) is 0 Å². The van der Waals surface area contributed by atoms with Gasteiger partial charge in [-0.2, -0.15) is 0 Å². The third kappa shape index (κ3) is 1.76. The summed E-state index contributed by atoms with van der Waals surface area (Å²) in [5, 5.41) is 2.02. The monoisotopic (exact) mass is 157 g/mol.